The van der Waals surface area contributed by atoms with Gasteiger partial charge < -0.3 is 10.4 Å². The van der Waals surface area contributed by atoms with E-state index in [1.807, 2.05) is 6.07 Å². The Hall–Kier alpha value is -2.34. The minimum Gasteiger partial charge on any atom is -0.480 e. The number of carbonyl (C=O) groups is 2. The van der Waals surface area contributed by atoms with Gasteiger partial charge in [-0.1, -0.05) is 17.7 Å². The molecule has 1 atom stereocenters. The lowest BCUT2D eigenvalue weighted by Gasteiger charge is -2.25. The Labute approximate surface area is 138 Å². The molecule has 120 valence electrons. The zero-order valence-corrected chi connectivity index (χ0v) is 13.2. The Bertz CT molecular complexity index is 769. The molecule has 1 aliphatic rings. The number of halogens is 1. The van der Waals surface area contributed by atoms with Gasteiger partial charge in [0.15, 0.2) is 0 Å². The first-order valence-electron chi connectivity index (χ1n) is 7.26. The highest BCUT2D eigenvalue weighted by atomic mass is 35.5. The number of benzene rings is 1. The number of aliphatic carboxylic acids is 1. The van der Waals surface area contributed by atoms with Gasteiger partial charge in [0.05, 0.1) is 17.4 Å². The van der Waals surface area contributed by atoms with E-state index in [1.54, 1.807) is 31.3 Å². The van der Waals surface area contributed by atoms with Crippen LogP contribution in [-0.2, 0) is 4.79 Å². The molecule has 1 aromatic carbocycles. The molecule has 0 bridgehead atoms. The summed E-state index contributed by atoms with van der Waals surface area (Å²) in [6, 6.07) is 7.07. The summed E-state index contributed by atoms with van der Waals surface area (Å²) < 4.78 is 1.52. The number of carbonyl (C=O) groups excluding carboxylic acids is 1. The molecular formula is C16H16ClN3O3. The third-order valence-corrected chi connectivity index (χ3v) is 4.36. The lowest BCUT2D eigenvalue weighted by atomic mass is 9.95. The van der Waals surface area contributed by atoms with Crippen molar-refractivity contribution in [2.24, 2.45) is 5.92 Å². The van der Waals surface area contributed by atoms with Gasteiger partial charge in [-0.05, 0) is 43.9 Å². The third kappa shape index (κ3) is 3.07. The molecule has 2 N–H and O–H groups in total. The van der Waals surface area contributed by atoms with E-state index in [9.17, 15) is 14.7 Å². The monoisotopic (exact) mass is 333 g/mol. The minimum atomic E-state index is -1.24. The Morgan fingerprint density at radius 1 is 1.43 bits per heavy atom. The summed E-state index contributed by atoms with van der Waals surface area (Å²) in [5.41, 5.74) is -0.215. The standard InChI is InChI=1S/C16H16ClN3O3/c1-16(15(22)23,11-5-6-11)19-14(21)10-8-18-20(9-10)13-4-2-3-12(17)7-13/h2-4,7-9,11H,5-6H2,1H3,(H,19,21)(H,22,23). The molecule has 1 saturated carbocycles. The van der Waals surface area contributed by atoms with Crippen LogP contribution in [0.3, 0.4) is 0 Å². The smallest absolute Gasteiger partial charge is 0.329 e. The number of carboxylic acids is 1. The molecular weight excluding hydrogens is 318 g/mol. The molecule has 1 aliphatic carbocycles. The van der Waals surface area contributed by atoms with E-state index in [-0.39, 0.29) is 5.92 Å². The van der Waals surface area contributed by atoms with Gasteiger partial charge in [-0.25, -0.2) is 9.48 Å². The first-order valence-corrected chi connectivity index (χ1v) is 7.64. The van der Waals surface area contributed by atoms with E-state index in [0.29, 0.717) is 10.6 Å². The average Bonchev–Trinajstić information content (AvgIpc) is 3.24. The van der Waals surface area contributed by atoms with Crippen molar-refractivity contribution >= 4 is 23.5 Å². The van der Waals surface area contributed by atoms with Crippen molar-refractivity contribution in [1.29, 1.82) is 0 Å². The van der Waals surface area contributed by atoms with E-state index in [4.69, 9.17) is 11.6 Å². The maximum Gasteiger partial charge on any atom is 0.329 e. The summed E-state index contributed by atoms with van der Waals surface area (Å²) in [6.45, 7) is 1.55. The molecule has 2 aromatic rings. The third-order valence-electron chi connectivity index (χ3n) is 4.13. The second kappa shape index (κ2) is 5.70. The summed E-state index contributed by atoms with van der Waals surface area (Å²) in [5, 5.41) is 16.7. The van der Waals surface area contributed by atoms with E-state index in [1.165, 1.54) is 10.9 Å². The number of nitrogens with zero attached hydrogens (tertiary/aromatic N) is 2. The van der Waals surface area contributed by atoms with Crippen molar-refractivity contribution in [2.75, 3.05) is 0 Å². The van der Waals surface area contributed by atoms with Crippen molar-refractivity contribution in [3.8, 4) is 5.69 Å². The number of nitrogens with one attached hydrogen (secondary N) is 1. The zero-order valence-electron chi connectivity index (χ0n) is 12.5. The predicted molar refractivity (Wildman–Crippen MR) is 84.8 cm³/mol. The zero-order chi connectivity index (χ0) is 16.6. The molecule has 0 radical (unpaired) electrons. The van der Waals surface area contributed by atoms with Crippen LogP contribution in [0.25, 0.3) is 5.69 Å². The largest absolute Gasteiger partial charge is 0.480 e. The molecule has 0 spiro atoms. The van der Waals surface area contributed by atoms with Crippen molar-refractivity contribution < 1.29 is 14.7 Å². The summed E-state index contributed by atoms with van der Waals surface area (Å²) in [5.74, 6) is -1.49. The van der Waals surface area contributed by atoms with Gasteiger partial charge in [0, 0.05) is 11.2 Å². The van der Waals surface area contributed by atoms with Crippen LogP contribution in [-0.4, -0.2) is 32.3 Å². The summed E-state index contributed by atoms with van der Waals surface area (Å²) in [4.78, 5) is 23.8. The van der Waals surface area contributed by atoms with Gasteiger partial charge >= 0.3 is 5.97 Å². The second-order valence-electron chi connectivity index (χ2n) is 5.89. The van der Waals surface area contributed by atoms with Crippen molar-refractivity contribution in [3.05, 3.63) is 47.2 Å². The molecule has 1 heterocycles. The van der Waals surface area contributed by atoms with Gasteiger partial charge in [-0.3, -0.25) is 4.79 Å². The highest BCUT2D eigenvalue weighted by molar-refractivity contribution is 6.30. The minimum absolute atomic E-state index is 0.0214. The van der Waals surface area contributed by atoms with Crippen LogP contribution in [0.5, 0.6) is 0 Å². The van der Waals surface area contributed by atoms with Crippen molar-refractivity contribution in [3.63, 3.8) is 0 Å². The highest BCUT2D eigenvalue weighted by Crippen LogP contribution is 2.39. The molecule has 1 amide bonds. The maximum absolute atomic E-state index is 12.4. The predicted octanol–water partition coefficient (Wildman–Crippen LogP) is 2.51. The van der Waals surface area contributed by atoms with Crippen LogP contribution in [0.4, 0.5) is 0 Å². The number of amides is 1. The summed E-state index contributed by atoms with van der Waals surface area (Å²) in [6.07, 6.45) is 4.58. The topological polar surface area (TPSA) is 84.2 Å². The number of carboxylic acid groups (broad SMARTS) is 1. The second-order valence-corrected chi connectivity index (χ2v) is 6.33. The van der Waals surface area contributed by atoms with Crippen LogP contribution < -0.4 is 5.32 Å². The molecule has 0 aliphatic heterocycles. The van der Waals surface area contributed by atoms with E-state index in [0.717, 1.165) is 18.5 Å². The Morgan fingerprint density at radius 3 is 2.78 bits per heavy atom. The van der Waals surface area contributed by atoms with Gasteiger partial charge in [0.1, 0.15) is 5.54 Å². The first kappa shape index (κ1) is 15.6. The maximum atomic E-state index is 12.4. The van der Waals surface area contributed by atoms with Gasteiger partial charge in [0.2, 0.25) is 0 Å². The first-order chi connectivity index (χ1) is 10.9. The molecule has 23 heavy (non-hydrogen) atoms. The number of hydrogen-bond donors (Lipinski definition) is 2. The fourth-order valence-corrected chi connectivity index (χ4v) is 2.68. The molecule has 1 aromatic heterocycles. The molecule has 7 heteroatoms. The van der Waals surface area contributed by atoms with Crippen LogP contribution >= 0.6 is 11.6 Å². The fourth-order valence-electron chi connectivity index (χ4n) is 2.50. The normalized spacial score (nSPS) is 16.6. The Balaban J connectivity index is 1.80. The van der Waals surface area contributed by atoms with Crippen molar-refractivity contribution in [2.45, 2.75) is 25.3 Å². The SMILES string of the molecule is CC(NC(=O)c1cnn(-c2cccc(Cl)c2)c1)(C(=O)O)C1CC1. The van der Waals surface area contributed by atoms with Crippen molar-refractivity contribution in [1.82, 2.24) is 15.1 Å². The lowest BCUT2D eigenvalue weighted by molar-refractivity contribution is -0.144. The molecule has 1 fully saturated rings. The van der Waals surface area contributed by atoms with Crippen LogP contribution in [0.2, 0.25) is 5.02 Å². The number of aromatic nitrogens is 2. The molecule has 1 unspecified atom stereocenters. The number of rotatable bonds is 5. The van der Waals surface area contributed by atoms with E-state index < -0.39 is 17.4 Å². The molecule has 3 rings (SSSR count). The highest BCUT2D eigenvalue weighted by Gasteiger charge is 2.48. The molecule has 6 nitrogen and oxygen atoms in total. The summed E-state index contributed by atoms with van der Waals surface area (Å²) in [7, 11) is 0. The van der Waals surface area contributed by atoms with E-state index in [2.05, 4.69) is 10.4 Å². The Kier molecular flexibility index (Phi) is 3.85. The quantitative estimate of drug-likeness (QED) is 0.880. The van der Waals surface area contributed by atoms with Gasteiger partial charge in [-0.15, -0.1) is 0 Å². The van der Waals surface area contributed by atoms with Gasteiger partial charge in [-0.2, -0.15) is 5.10 Å². The average molecular weight is 334 g/mol. The lowest BCUT2D eigenvalue weighted by Crippen LogP contribution is -2.53. The molecule has 0 saturated heterocycles. The number of hydrogen-bond acceptors (Lipinski definition) is 3. The Morgan fingerprint density at radius 2 is 2.17 bits per heavy atom. The van der Waals surface area contributed by atoms with Crippen LogP contribution in [0.15, 0.2) is 36.7 Å². The fraction of sp³-hybridized carbons (Fsp3) is 0.312. The van der Waals surface area contributed by atoms with Gasteiger partial charge in [0.25, 0.3) is 5.91 Å². The van der Waals surface area contributed by atoms with E-state index >= 15 is 0 Å². The summed E-state index contributed by atoms with van der Waals surface area (Å²) >= 11 is 5.94. The van der Waals surface area contributed by atoms with Crippen LogP contribution in [0.1, 0.15) is 30.1 Å². The van der Waals surface area contributed by atoms with Crippen LogP contribution in [0, 0.1) is 5.92 Å².